The van der Waals surface area contributed by atoms with Crippen LogP contribution in [0.2, 0.25) is 0 Å². The summed E-state index contributed by atoms with van der Waals surface area (Å²) in [6.07, 6.45) is 1.65. The van der Waals surface area contributed by atoms with E-state index in [2.05, 4.69) is 42.7 Å². The molecule has 0 unspecified atom stereocenters. The first kappa shape index (κ1) is 15.4. The highest BCUT2D eigenvalue weighted by atomic mass is 16.4. The molecule has 1 heterocycles. The fraction of sp³-hybridized carbons (Fsp3) is 0.571. The third-order valence-electron chi connectivity index (χ3n) is 2.95. The molecular formula is C14H24N4O. The molecule has 0 aliphatic rings. The highest BCUT2D eigenvalue weighted by Crippen LogP contribution is 2.13. The van der Waals surface area contributed by atoms with Crippen molar-refractivity contribution in [3.63, 3.8) is 0 Å². The van der Waals surface area contributed by atoms with Crippen molar-refractivity contribution in [1.29, 1.82) is 0 Å². The number of hydrogen-bond acceptors (Lipinski definition) is 4. The molecule has 5 heteroatoms. The Bertz CT molecular complexity index is 429. The molecule has 0 saturated heterocycles. The first-order valence-electron chi connectivity index (χ1n) is 6.61. The van der Waals surface area contributed by atoms with E-state index in [0.717, 1.165) is 18.7 Å². The number of aromatic nitrogens is 1. The van der Waals surface area contributed by atoms with Crippen LogP contribution >= 0.6 is 0 Å². The van der Waals surface area contributed by atoms with Gasteiger partial charge in [0.1, 0.15) is 5.69 Å². The molecule has 0 aliphatic carbocycles. The van der Waals surface area contributed by atoms with Crippen LogP contribution in [-0.4, -0.2) is 33.5 Å². The smallest absolute Gasteiger partial charge is 0.189 e. The Morgan fingerprint density at radius 1 is 1.42 bits per heavy atom. The van der Waals surface area contributed by atoms with Gasteiger partial charge in [-0.3, -0.25) is 9.88 Å². The maximum atomic E-state index is 8.81. The zero-order valence-electron chi connectivity index (χ0n) is 12.2. The van der Waals surface area contributed by atoms with Crippen molar-refractivity contribution in [3.8, 4) is 0 Å². The summed E-state index contributed by atoms with van der Waals surface area (Å²) in [4.78, 5) is 6.56. The fourth-order valence-corrected chi connectivity index (χ4v) is 1.99. The number of pyridine rings is 1. The molecule has 106 valence electrons. The summed E-state index contributed by atoms with van der Waals surface area (Å²) in [5, 5.41) is 11.9. The minimum Gasteiger partial charge on any atom is -0.409 e. The zero-order valence-corrected chi connectivity index (χ0v) is 12.2. The average molecular weight is 264 g/mol. The number of nitrogens with two attached hydrogens (primary N) is 1. The van der Waals surface area contributed by atoms with Gasteiger partial charge in [0.25, 0.3) is 0 Å². The Balaban J connectivity index is 2.96. The van der Waals surface area contributed by atoms with Crippen molar-refractivity contribution >= 4 is 5.84 Å². The van der Waals surface area contributed by atoms with Crippen LogP contribution in [0.15, 0.2) is 23.5 Å². The normalized spacial score (nSPS) is 12.7. The molecule has 0 spiro atoms. The van der Waals surface area contributed by atoms with Gasteiger partial charge in [0.2, 0.25) is 0 Å². The molecular weight excluding hydrogens is 240 g/mol. The Morgan fingerprint density at radius 2 is 2.11 bits per heavy atom. The summed E-state index contributed by atoms with van der Waals surface area (Å²) in [5.41, 5.74) is 7.20. The van der Waals surface area contributed by atoms with E-state index in [4.69, 9.17) is 10.9 Å². The Hall–Kier alpha value is -1.62. The monoisotopic (exact) mass is 264 g/mol. The van der Waals surface area contributed by atoms with E-state index >= 15 is 0 Å². The van der Waals surface area contributed by atoms with Crippen LogP contribution in [-0.2, 0) is 6.54 Å². The molecule has 1 aromatic rings. The zero-order chi connectivity index (χ0) is 14.4. The lowest BCUT2D eigenvalue weighted by Crippen LogP contribution is -2.34. The van der Waals surface area contributed by atoms with Crippen LogP contribution in [0.3, 0.4) is 0 Å². The third-order valence-corrected chi connectivity index (χ3v) is 2.95. The second kappa shape index (κ2) is 7.09. The molecule has 0 saturated carbocycles. The first-order chi connectivity index (χ1) is 8.95. The highest BCUT2D eigenvalue weighted by molar-refractivity contribution is 5.96. The van der Waals surface area contributed by atoms with Gasteiger partial charge < -0.3 is 10.9 Å². The third kappa shape index (κ3) is 4.52. The number of hydrogen-bond donors (Lipinski definition) is 2. The molecule has 3 N–H and O–H groups in total. The lowest BCUT2D eigenvalue weighted by Gasteiger charge is -2.28. The number of rotatable bonds is 6. The average Bonchev–Trinajstić information content (AvgIpc) is 2.37. The van der Waals surface area contributed by atoms with Gasteiger partial charge in [-0.2, -0.15) is 0 Å². The molecule has 0 radical (unpaired) electrons. The van der Waals surface area contributed by atoms with Gasteiger partial charge in [0, 0.05) is 25.3 Å². The molecule has 0 atom stereocenters. The predicted molar refractivity (Wildman–Crippen MR) is 77.1 cm³/mol. The quantitative estimate of drug-likeness (QED) is 0.357. The van der Waals surface area contributed by atoms with Crippen molar-refractivity contribution in [3.05, 3.63) is 29.6 Å². The summed E-state index contributed by atoms with van der Waals surface area (Å²) in [6, 6.07) is 4.27. The molecule has 19 heavy (non-hydrogen) atoms. The molecule has 0 aromatic carbocycles. The summed E-state index contributed by atoms with van der Waals surface area (Å²) < 4.78 is 0. The number of nitrogens with zero attached hydrogens (tertiary/aromatic N) is 3. The van der Waals surface area contributed by atoms with Gasteiger partial charge in [-0.25, -0.2) is 0 Å². The molecule has 0 amide bonds. The minimum absolute atomic E-state index is 0.0591. The Morgan fingerprint density at radius 3 is 2.63 bits per heavy atom. The topological polar surface area (TPSA) is 74.7 Å². The van der Waals surface area contributed by atoms with E-state index in [1.807, 2.05) is 12.1 Å². The van der Waals surface area contributed by atoms with E-state index < -0.39 is 0 Å². The lowest BCUT2D eigenvalue weighted by molar-refractivity contribution is 0.189. The van der Waals surface area contributed by atoms with Crippen molar-refractivity contribution in [1.82, 2.24) is 9.88 Å². The molecule has 0 bridgehead atoms. The number of oxime groups is 1. The van der Waals surface area contributed by atoms with Gasteiger partial charge in [-0.05, 0) is 31.4 Å². The van der Waals surface area contributed by atoms with Crippen LogP contribution in [0.5, 0.6) is 0 Å². The molecule has 0 fully saturated rings. The van der Waals surface area contributed by atoms with Crippen LogP contribution in [0, 0.1) is 5.92 Å². The Kier molecular flexibility index (Phi) is 5.76. The molecule has 1 rings (SSSR count). The maximum Gasteiger partial charge on any atom is 0.189 e. The second-order valence-corrected chi connectivity index (χ2v) is 5.41. The fourth-order valence-electron chi connectivity index (χ4n) is 1.99. The summed E-state index contributed by atoms with van der Waals surface area (Å²) in [6.45, 7) is 10.5. The van der Waals surface area contributed by atoms with Gasteiger partial charge in [-0.15, -0.1) is 0 Å². The van der Waals surface area contributed by atoms with Crippen LogP contribution in [0.1, 0.15) is 39.0 Å². The standard InChI is InChI=1S/C14H24N4O/c1-10(2)8-18(11(3)4)9-12-6-5-7-16-13(12)14(15)17-19/h5-7,10-11,19H,8-9H2,1-4H3,(H2,15,17). The molecule has 5 nitrogen and oxygen atoms in total. The summed E-state index contributed by atoms with van der Waals surface area (Å²) >= 11 is 0. The van der Waals surface area contributed by atoms with Crippen molar-refractivity contribution in [2.45, 2.75) is 40.3 Å². The maximum absolute atomic E-state index is 8.81. The summed E-state index contributed by atoms with van der Waals surface area (Å²) in [7, 11) is 0. The Labute approximate surface area is 115 Å². The van der Waals surface area contributed by atoms with E-state index in [1.54, 1.807) is 6.20 Å². The largest absolute Gasteiger partial charge is 0.409 e. The minimum atomic E-state index is 0.0591. The first-order valence-corrected chi connectivity index (χ1v) is 6.61. The van der Waals surface area contributed by atoms with E-state index in [9.17, 15) is 0 Å². The van der Waals surface area contributed by atoms with Crippen molar-refractivity contribution in [2.75, 3.05) is 6.54 Å². The summed E-state index contributed by atoms with van der Waals surface area (Å²) in [5.74, 6) is 0.648. The highest BCUT2D eigenvalue weighted by Gasteiger charge is 2.15. The lowest BCUT2D eigenvalue weighted by atomic mass is 10.1. The van der Waals surface area contributed by atoms with Gasteiger partial charge in [0.15, 0.2) is 5.84 Å². The predicted octanol–water partition coefficient (Wildman–Crippen LogP) is 2.04. The number of amidine groups is 1. The van der Waals surface area contributed by atoms with Crippen LogP contribution in [0.4, 0.5) is 0 Å². The van der Waals surface area contributed by atoms with Crippen molar-refractivity contribution in [2.24, 2.45) is 16.8 Å². The molecule has 0 aliphatic heterocycles. The van der Waals surface area contributed by atoms with E-state index in [-0.39, 0.29) is 5.84 Å². The van der Waals surface area contributed by atoms with Crippen LogP contribution < -0.4 is 5.73 Å². The van der Waals surface area contributed by atoms with E-state index in [1.165, 1.54) is 0 Å². The van der Waals surface area contributed by atoms with Crippen LogP contribution in [0.25, 0.3) is 0 Å². The van der Waals surface area contributed by atoms with E-state index in [0.29, 0.717) is 17.7 Å². The van der Waals surface area contributed by atoms with Gasteiger partial charge >= 0.3 is 0 Å². The van der Waals surface area contributed by atoms with Gasteiger partial charge in [-0.1, -0.05) is 25.1 Å². The SMILES string of the molecule is CC(C)CN(Cc1cccnc1C(N)=NO)C(C)C. The second-order valence-electron chi connectivity index (χ2n) is 5.41. The molecule has 1 aromatic heterocycles. The van der Waals surface area contributed by atoms with Crippen molar-refractivity contribution < 1.29 is 5.21 Å². The van der Waals surface area contributed by atoms with Gasteiger partial charge in [0.05, 0.1) is 0 Å².